The first-order chi connectivity index (χ1) is 20.6. The van der Waals surface area contributed by atoms with E-state index in [0.29, 0.717) is 24.5 Å². The van der Waals surface area contributed by atoms with Gasteiger partial charge in [-0.3, -0.25) is 29.4 Å². The molecule has 0 bridgehead atoms. The predicted octanol–water partition coefficient (Wildman–Crippen LogP) is 0.809. The van der Waals surface area contributed by atoms with Gasteiger partial charge < -0.3 is 25.8 Å². The maximum atomic E-state index is 13.0. The molecule has 0 radical (unpaired) electrons. The van der Waals surface area contributed by atoms with Crippen LogP contribution in [0.4, 0.5) is 0 Å². The summed E-state index contributed by atoms with van der Waals surface area (Å²) < 4.78 is 5.22. The van der Waals surface area contributed by atoms with Gasteiger partial charge in [-0.1, -0.05) is 74.5 Å². The number of hydrazine groups is 1. The summed E-state index contributed by atoms with van der Waals surface area (Å²) in [4.78, 5) is 62.6. The monoisotopic (exact) mass is 595 g/mol. The number of carbonyl (C=O) groups excluding carboxylic acids is 4. The molecule has 1 aliphatic heterocycles. The summed E-state index contributed by atoms with van der Waals surface area (Å²) in [5.41, 5.74) is 4.49. The minimum absolute atomic E-state index is 0.0696. The van der Waals surface area contributed by atoms with E-state index >= 15 is 0 Å². The highest BCUT2D eigenvalue weighted by atomic mass is 16.6. The van der Waals surface area contributed by atoms with Crippen LogP contribution in [0.3, 0.4) is 0 Å². The molecule has 0 spiro atoms. The number of hydrogen-bond acceptors (Lipinski definition) is 7. The zero-order valence-corrected chi connectivity index (χ0v) is 24.7. The molecule has 4 amide bonds. The van der Waals surface area contributed by atoms with Crippen molar-refractivity contribution >= 4 is 29.6 Å². The van der Waals surface area contributed by atoms with Crippen molar-refractivity contribution in [3.05, 3.63) is 71.8 Å². The molecule has 43 heavy (non-hydrogen) atoms. The summed E-state index contributed by atoms with van der Waals surface area (Å²) in [5, 5.41) is 18.5. The van der Waals surface area contributed by atoms with Gasteiger partial charge in [0, 0.05) is 6.54 Å². The largest absolute Gasteiger partial charge is 0.480 e. The summed E-state index contributed by atoms with van der Waals surface area (Å²) in [5.74, 6) is -4.02. The minimum atomic E-state index is -1.38. The van der Waals surface area contributed by atoms with Crippen LogP contribution in [0.1, 0.15) is 38.3 Å². The predicted molar refractivity (Wildman–Crippen MR) is 158 cm³/mol. The van der Waals surface area contributed by atoms with Gasteiger partial charge in [0.15, 0.2) is 12.2 Å². The van der Waals surface area contributed by atoms with E-state index in [-0.39, 0.29) is 5.92 Å². The van der Waals surface area contributed by atoms with Crippen molar-refractivity contribution in [2.75, 3.05) is 19.6 Å². The molecule has 0 aromatic heterocycles. The normalized spacial score (nSPS) is 16.9. The molecule has 1 aliphatic rings. The molecule has 4 atom stereocenters. The van der Waals surface area contributed by atoms with Crippen LogP contribution in [0.15, 0.2) is 60.7 Å². The standard InChI is InChI=1S/C31H41N5O7/c1-20(2)25(32-17-10-15-22-11-6-4-7-12-22)29(40)34-21(3)28(39)35-36(19-24(37)38)31(42)27-26(43-27)30(41)33-18-16-23-13-8-5-9-14-23/h4-9,11-14,20-21,25-27,32H,10,15-19H2,1-3H3,(H,33,41)(H,34,40)(H,35,39)(H,37,38)/t21-,25-,26+,27+/m0/s1. The quantitative estimate of drug-likeness (QED) is 0.108. The Hall–Kier alpha value is -4.29. The fraction of sp³-hybridized carbons (Fsp3) is 0.452. The van der Waals surface area contributed by atoms with E-state index in [9.17, 15) is 29.1 Å². The van der Waals surface area contributed by atoms with Gasteiger partial charge in [0.25, 0.3) is 17.7 Å². The Kier molecular flexibility index (Phi) is 12.6. The summed E-state index contributed by atoms with van der Waals surface area (Å²) in [6.07, 6.45) is -0.0604. The maximum Gasteiger partial charge on any atom is 0.325 e. The number of benzene rings is 2. The third-order valence-electron chi connectivity index (χ3n) is 6.90. The lowest BCUT2D eigenvalue weighted by atomic mass is 10.0. The Balaban J connectivity index is 1.47. The smallest absolute Gasteiger partial charge is 0.325 e. The lowest BCUT2D eigenvalue weighted by Gasteiger charge is -2.26. The van der Waals surface area contributed by atoms with Crippen LogP contribution in [0.2, 0.25) is 0 Å². The number of carboxylic acids is 1. The number of hydrogen-bond donors (Lipinski definition) is 5. The van der Waals surface area contributed by atoms with Gasteiger partial charge in [-0.05, 0) is 49.8 Å². The Morgan fingerprint density at radius 1 is 0.837 bits per heavy atom. The van der Waals surface area contributed by atoms with Crippen LogP contribution < -0.4 is 21.4 Å². The van der Waals surface area contributed by atoms with Crippen molar-refractivity contribution < 1.29 is 33.8 Å². The lowest BCUT2D eigenvalue weighted by Crippen LogP contribution is -2.58. The number of ether oxygens (including phenoxy) is 1. The van der Waals surface area contributed by atoms with E-state index in [1.54, 1.807) is 0 Å². The highest BCUT2D eigenvalue weighted by Crippen LogP contribution is 2.24. The maximum absolute atomic E-state index is 13.0. The Morgan fingerprint density at radius 3 is 2.02 bits per heavy atom. The zero-order valence-electron chi connectivity index (χ0n) is 24.7. The molecule has 1 heterocycles. The van der Waals surface area contributed by atoms with Gasteiger partial charge in [0.05, 0.1) is 6.04 Å². The molecular weight excluding hydrogens is 554 g/mol. The molecule has 5 N–H and O–H groups in total. The number of aliphatic carboxylic acids is 1. The number of nitrogens with one attached hydrogen (secondary N) is 4. The van der Waals surface area contributed by atoms with Gasteiger partial charge in [-0.2, -0.15) is 0 Å². The zero-order chi connectivity index (χ0) is 31.4. The second-order valence-corrected chi connectivity index (χ2v) is 10.8. The van der Waals surface area contributed by atoms with E-state index in [0.717, 1.165) is 18.4 Å². The fourth-order valence-corrected chi connectivity index (χ4v) is 4.46. The van der Waals surface area contributed by atoms with Crippen molar-refractivity contribution in [1.29, 1.82) is 0 Å². The number of nitrogens with zero attached hydrogens (tertiary/aromatic N) is 1. The van der Waals surface area contributed by atoms with E-state index in [1.165, 1.54) is 12.5 Å². The molecule has 1 fully saturated rings. The Labute approximate surface area is 251 Å². The molecule has 0 aliphatic carbocycles. The van der Waals surface area contributed by atoms with E-state index in [2.05, 4.69) is 21.4 Å². The summed E-state index contributed by atoms with van der Waals surface area (Å²) in [7, 11) is 0. The average molecular weight is 596 g/mol. The first-order valence-electron chi connectivity index (χ1n) is 14.4. The summed E-state index contributed by atoms with van der Waals surface area (Å²) >= 11 is 0. The third kappa shape index (κ3) is 10.8. The van der Waals surface area contributed by atoms with Gasteiger partial charge >= 0.3 is 5.97 Å². The molecule has 2 aromatic carbocycles. The molecule has 0 unspecified atom stereocenters. The molecular formula is C31H41N5O7. The number of aryl methyl sites for hydroxylation is 1. The van der Waals surface area contributed by atoms with Crippen molar-refractivity contribution in [3.8, 4) is 0 Å². The number of carbonyl (C=O) groups is 5. The van der Waals surface area contributed by atoms with Crippen LogP contribution >= 0.6 is 0 Å². The number of epoxide rings is 1. The molecule has 1 saturated heterocycles. The van der Waals surface area contributed by atoms with Crippen LogP contribution in [0.5, 0.6) is 0 Å². The van der Waals surface area contributed by atoms with Crippen molar-refractivity contribution in [2.45, 2.75) is 64.3 Å². The molecule has 12 nitrogen and oxygen atoms in total. The highest BCUT2D eigenvalue weighted by molar-refractivity contribution is 5.97. The topological polar surface area (TPSA) is 169 Å². The fourth-order valence-electron chi connectivity index (χ4n) is 4.46. The number of carboxylic acid groups (broad SMARTS) is 1. The van der Waals surface area contributed by atoms with E-state index in [4.69, 9.17) is 4.74 Å². The Bertz CT molecular complexity index is 1240. The van der Waals surface area contributed by atoms with Crippen molar-refractivity contribution in [3.63, 3.8) is 0 Å². The highest BCUT2D eigenvalue weighted by Gasteiger charge is 2.52. The number of amides is 4. The van der Waals surface area contributed by atoms with Gasteiger partial charge in [-0.25, -0.2) is 5.01 Å². The summed E-state index contributed by atoms with van der Waals surface area (Å²) in [6, 6.07) is 17.9. The van der Waals surface area contributed by atoms with Crippen LogP contribution in [-0.2, 0) is 41.6 Å². The van der Waals surface area contributed by atoms with Gasteiger partial charge in [0.1, 0.15) is 12.6 Å². The van der Waals surface area contributed by atoms with E-state index in [1.807, 2.05) is 74.5 Å². The molecule has 232 valence electrons. The molecule has 3 rings (SSSR count). The average Bonchev–Trinajstić information content (AvgIpc) is 3.78. The second-order valence-electron chi connectivity index (χ2n) is 10.8. The van der Waals surface area contributed by atoms with E-state index < -0.39 is 60.4 Å². The van der Waals surface area contributed by atoms with Crippen LogP contribution in [0, 0.1) is 5.92 Å². The Morgan fingerprint density at radius 2 is 1.44 bits per heavy atom. The minimum Gasteiger partial charge on any atom is -0.480 e. The van der Waals surface area contributed by atoms with Crippen molar-refractivity contribution in [2.24, 2.45) is 5.92 Å². The second kappa shape index (κ2) is 16.4. The molecule has 2 aromatic rings. The van der Waals surface area contributed by atoms with Gasteiger partial charge in [-0.15, -0.1) is 0 Å². The lowest BCUT2D eigenvalue weighted by molar-refractivity contribution is -0.151. The van der Waals surface area contributed by atoms with Gasteiger partial charge in [0.2, 0.25) is 5.91 Å². The van der Waals surface area contributed by atoms with Crippen LogP contribution in [0.25, 0.3) is 0 Å². The molecule has 12 heteroatoms. The summed E-state index contributed by atoms with van der Waals surface area (Å²) in [6.45, 7) is 5.27. The van der Waals surface area contributed by atoms with Crippen LogP contribution in [-0.4, -0.2) is 83.6 Å². The number of rotatable bonds is 16. The first-order valence-corrected chi connectivity index (χ1v) is 14.4. The SMILES string of the molecule is CC(C)[C@H](NCCCc1ccccc1)C(=O)N[C@@H](C)C(=O)NN(CC(=O)O)C(=O)[C@@H]1O[C@H]1C(=O)NCCc1ccccc1. The first kappa shape index (κ1) is 33.2. The third-order valence-corrected chi connectivity index (χ3v) is 6.90. The molecule has 0 saturated carbocycles. The van der Waals surface area contributed by atoms with Crippen molar-refractivity contribution in [1.82, 2.24) is 26.4 Å².